The summed E-state index contributed by atoms with van der Waals surface area (Å²) in [5.41, 5.74) is 0.900. The Hall–Kier alpha value is -2.65. The summed E-state index contributed by atoms with van der Waals surface area (Å²) in [5, 5.41) is 14.2. The number of nitrogens with one attached hydrogen (secondary N) is 2. The van der Waals surface area contributed by atoms with Crippen LogP contribution >= 0.6 is 11.8 Å². The summed E-state index contributed by atoms with van der Waals surface area (Å²) in [6.45, 7) is -0.425. The van der Waals surface area contributed by atoms with E-state index >= 15 is 0 Å². The minimum absolute atomic E-state index is 0.109. The molecule has 144 valence electrons. The molecule has 2 rings (SSSR count). The highest BCUT2D eigenvalue weighted by Crippen LogP contribution is 2.31. The van der Waals surface area contributed by atoms with Crippen molar-refractivity contribution >= 4 is 35.0 Å². The molecule has 0 aromatic heterocycles. The van der Waals surface area contributed by atoms with Gasteiger partial charge in [-0.1, -0.05) is 36.0 Å². The molecule has 6 nitrogen and oxygen atoms in total. The lowest BCUT2D eigenvalue weighted by Crippen LogP contribution is -2.22. The second-order valence-electron chi connectivity index (χ2n) is 5.19. The van der Waals surface area contributed by atoms with E-state index in [2.05, 4.69) is 10.6 Å². The smallest absolute Gasteiger partial charge is 0.340 e. The lowest BCUT2D eigenvalue weighted by atomic mass is 10.2. The third kappa shape index (κ3) is 6.54. The van der Waals surface area contributed by atoms with Crippen LogP contribution in [0.5, 0.6) is 0 Å². The monoisotopic (exact) mass is 396 g/mol. The van der Waals surface area contributed by atoms with E-state index in [9.17, 15) is 18.4 Å². The van der Waals surface area contributed by atoms with Crippen molar-refractivity contribution in [1.29, 1.82) is 0 Å². The van der Waals surface area contributed by atoms with Crippen LogP contribution in [0.3, 0.4) is 0 Å². The van der Waals surface area contributed by atoms with Crippen LogP contribution in [0.25, 0.3) is 0 Å². The van der Waals surface area contributed by atoms with E-state index < -0.39 is 24.2 Å². The van der Waals surface area contributed by atoms with E-state index in [-0.39, 0.29) is 29.3 Å². The van der Waals surface area contributed by atoms with Gasteiger partial charge in [-0.2, -0.15) is 8.78 Å². The Bertz CT molecular complexity index is 789. The third-order valence-electron chi connectivity index (χ3n) is 3.29. The number of halogens is 2. The normalized spacial score (nSPS) is 10.5. The maximum atomic E-state index is 12.6. The molecule has 0 aliphatic rings. The van der Waals surface area contributed by atoms with Gasteiger partial charge in [0, 0.05) is 17.1 Å². The molecule has 0 unspecified atom stereocenters. The molecule has 0 fully saturated rings. The van der Waals surface area contributed by atoms with E-state index in [1.165, 1.54) is 18.2 Å². The summed E-state index contributed by atoms with van der Waals surface area (Å²) in [6, 6.07) is 12.6. The average Bonchev–Trinajstić information content (AvgIpc) is 2.66. The van der Waals surface area contributed by atoms with E-state index in [0.29, 0.717) is 17.4 Å². The van der Waals surface area contributed by atoms with E-state index in [0.717, 1.165) is 0 Å². The largest absolute Gasteiger partial charge is 0.452 e. The summed E-state index contributed by atoms with van der Waals surface area (Å²) in [4.78, 5) is 24.4. The van der Waals surface area contributed by atoms with Gasteiger partial charge in [-0.05, 0) is 24.3 Å². The number of ether oxygens (including phenoxy) is 1. The second kappa shape index (κ2) is 10.5. The summed E-state index contributed by atoms with van der Waals surface area (Å²) < 4.78 is 30.1. The van der Waals surface area contributed by atoms with Crippen LogP contribution in [-0.2, 0) is 9.53 Å². The first kappa shape index (κ1) is 20.7. The van der Waals surface area contributed by atoms with Gasteiger partial charge in [-0.3, -0.25) is 4.79 Å². The first-order valence-electron chi connectivity index (χ1n) is 7.96. The number of hydrogen-bond acceptors (Lipinski definition) is 6. The number of hydrogen-bond donors (Lipinski definition) is 3. The molecule has 0 spiro atoms. The number of carbonyl (C=O) groups is 2. The number of rotatable bonds is 9. The summed E-state index contributed by atoms with van der Waals surface area (Å²) in [6.07, 6.45) is 0. The zero-order chi connectivity index (χ0) is 19.6. The van der Waals surface area contributed by atoms with Crippen LogP contribution in [0.15, 0.2) is 53.4 Å². The Labute approximate surface area is 158 Å². The summed E-state index contributed by atoms with van der Waals surface area (Å²) in [5.74, 6) is -3.99. The Morgan fingerprint density at radius 1 is 1.07 bits per heavy atom. The number of aliphatic hydroxyl groups excluding tert-OH is 1. The molecular weight excluding hydrogens is 378 g/mol. The minimum atomic E-state index is -2.62. The Balaban J connectivity index is 1.96. The van der Waals surface area contributed by atoms with Gasteiger partial charge < -0.3 is 20.5 Å². The first-order valence-corrected chi connectivity index (χ1v) is 8.83. The van der Waals surface area contributed by atoms with Crippen LogP contribution in [-0.4, -0.2) is 42.5 Å². The molecule has 0 saturated carbocycles. The maximum absolute atomic E-state index is 12.6. The first-order chi connectivity index (χ1) is 13.0. The molecule has 0 radical (unpaired) electrons. The number of amides is 1. The molecule has 0 heterocycles. The van der Waals surface area contributed by atoms with Gasteiger partial charge in [0.15, 0.2) is 6.61 Å². The highest BCUT2D eigenvalue weighted by Gasteiger charge is 2.16. The fourth-order valence-corrected chi connectivity index (χ4v) is 2.76. The lowest BCUT2D eigenvalue weighted by molar-refractivity contribution is -0.119. The van der Waals surface area contributed by atoms with E-state index in [1.807, 2.05) is 0 Å². The minimum Gasteiger partial charge on any atom is -0.452 e. The van der Waals surface area contributed by atoms with Gasteiger partial charge >= 0.3 is 5.97 Å². The van der Waals surface area contributed by atoms with Crippen molar-refractivity contribution in [3.63, 3.8) is 0 Å². The number of alkyl halides is 2. The van der Waals surface area contributed by atoms with Crippen molar-refractivity contribution in [2.75, 3.05) is 30.4 Å². The molecule has 0 aliphatic carbocycles. The number of carbonyl (C=O) groups excluding carboxylic acids is 2. The van der Waals surface area contributed by atoms with Crippen molar-refractivity contribution in [2.45, 2.75) is 10.7 Å². The van der Waals surface area contributed by atoms with Crippen LogP contribution in [0.4, 0.5) is 20.2 Å². The molecule has 27 heavy (non-hydrogen) atoms. The average molecular weight is 396 g/mol. The number of esters is 1. The Morgan fingerprint density at radius 2 is 1.74 bits per heavy atom. The van der Waals surface area contributed by atoms with Gasteiger partial charge in [0.1, 0.15) is 0 Å². The summed E-state index contributed by atoms with van der Waals surface area (Å²) in [7, 11) is 0. The van der Waals surface area contributed by atoms with Crippen molar-refractivity contribution < 1.29 is 28.2 Å². The van der Waals surface area contributed by atoms with Gasteiger partial charge in [0.25, 0.3) is 11.7 Å². The Morgan fingerprint density at radius 3 is 2.44 bits per heavy atom. The van der Waals surface area contributed by atoms with Gasteiger partial charge in [-0.15, -0.1) is 0 Å². The predicted octanol–water partition coefficient (Wildman–Crippen LogP) is 3.20. The molecule has 0 atom stereocenters. The molecular formula is C18H18F2N2O4S. The van der Waals surface area contributed by atoms with E-state index in [4.69, 9.17) is 9.84 Å². The van der Waals surface area contributed by atoms with Crippen molar-refractivity contribution in [2.24, 2.45) is 0 Å². The number of aliphatic hydroxyl groups is 1. The SMILES string of the molecule is O=C(COC(=O)c1ccccc1NCCO)Nc1ccccc1SC(F)F. The lowest BCUT2D eigenvalue weighted by Gasteiger charge is -2.12. The van der Waals surface area contributed by atoms with Gasteiger partial charge in [0.05, 0.1) is 17.9 Å². The van der Waals surface area contributed by atoms with Gasteiger partial charge in [-0.25, -0.2) is 4.79 Å². The molecule has 0 bridgehead atoms. The third-order valence-corrected chi connectivity index (χ3v) is 4.07. The second-order valence-corrected chi connectivity index (χ2v) is 6.23. The number of anilines is 2. The number of thioether (sulfide) groups is 1. The van der Waals surface area contributed by atoms with E-state index in [1.54, 1.807) is 30.3 Å². The van der Waals surface area contributed by atoms with Crippen LogP contribution in [0.1, 0.15) is 10.4 Å². The molecule has 3 N–H and O–H groups in total. The quantitative estimate of drug-likeness (QED) is 0.446. The molecule has 2 aromatic rings. The standard InChI is InChI=1S/C18H18F2N2O4S/c19-18(20)27-15-8-4-3-7-14(15)22-16(24)11-26-17(25)12-5-1-2-6-13(12)21-9-10-23/h1-8,18,21,23H,9-11H2,(H,22,24). The van der Waals surface area contributed by atoms with Crippen molar-refractivity contribution in [1.82, 2.24) is 0 Å². The van der Waals surface area contributed by atoms with Crippen molar-refractivity contribution in [3.05, 3.63) is 54.1 Å². The topological polar surface area (TPSA) is 87.7 Å². The van der Waals surface area contributed by atoms with Crippen LogP contribution < -0.4 is 10.6 Å². The molecule has 1 amide bonds. The van der Waals surface area contributed by atoms with Crippen LogP contribution in [0.2, 0.25) is 0 Å². The molecule has 0 aliphatic heterocycles. The van der Waals surface area contributed by atoms with Crippen LogP contribution in [0, 0.1) is 0 Å². The van der Waals surface area contributed by atoms with Crippen molar-refractivity contribution in [3.8, 4) is 0 Å². The maximum Gasteiger partial charge on any atom is 0.340 e. The highest BCUT2D eigenvalue weighted by atomic mass is 32.2. The summed E-state index contributed by atoms with van der Waals surface area (Å²) >= 11 is 0.313. The predicted molar refractivity (Wildman–Crippen MR) is 99.2 cm³/mol. The molecule has 2 aromatic carbocycles. The fourth-order valence-electron chi connectivity index (χ4n) is 2.17. The molecule has 9 heteroatoms. The number of para-hydroxylation sites is 2. The Kier molecular flexibility index (Phi) is 8.02. The number of benzene rings is 2. The fraction of sp³-hybridized carbons (Fsp3) is 0.222. The molecule has 0 saturated heterocycles. The zero-order valence-electron chi connectivity index (χ0n) is 14.2. The highest BCUT2D eigenvalue weighted by molar-refractivity contribution is 7.99. The zero-order valence-corrected chi connectivity index (χ0v) is 15.0. The van der Waals surface area contributed by atoms with Gasteiger partial charge in [0.2, 0.25) is 0 Å².